The summed E-state index contributed by atoms with van der Waals surface area (Å²) in [6.07, 6.45) is 0. The first-order valence-corrected chi connectivity index (χ1v) is 5.36. The van der Waals surface area contributed by atoms with Gasteiger partial charge in [0.25, 0.3) is 5.56 Å². The molecule has 2 aromatic rings. The molecule has 0 saturated heterocycles. The van der Waals surface area contributed by atoms with Gasteiger partial charge in [-0.15, -0.1) is 0 Å². The zero-order valence-electron chi connectivity index (χ0n) is 9.47. The number of rotatable bonds is 2. The number of aromatic nitrogens is 2. The summed E-state index contributed by atoms with van der Waals surface area (Å²) in [6, 6.07) is 11.4. The Bertz CT molecular complexity index is 558. The lowest BCUT2D eigenvalue weighted by Gasteiger charge is -2.06. The fraction of sp³-hybridized carbons (Fsp3) is 0.231. The van der Waals surface area contributed by atoms with E-state index < -0.39 is 0 Å². The fourth-order valence-corrected chi connectivity index (χ4v) is 1.68. The lowest BCUT2D eigenvalue weighted by atomic mass is 10.1. The van der Waals surface area contributed by atoms with Crippen molar-refractivity contribution in [2.24, 2.45) is 0 Å². The molecule has 0 fully saturated rings. The van der Waals surface area contributed by atoms with Crippen LogP contribution in [0.2, 0.25) is 0 Å². The Balaban J connectivity index is 2.57. The molecule has 2 rings (SSSR count). The Labute approximate surface area is 94.4 Å². The predicted molar refractivity (Wildman–Crippen MR) is 64.3 cm³/mol. The van der Waals surface area contributed by atoms with Crippen molar-refractivity contribution in [1.82, 2.24) is 9.78 Å². The summed E-state index contributed by atoms with van der Waals surface area (Å²) in [6.45, 7) is 4.55. The van der Waals surface area contributed by atoms with Crippen molar-refractivity contribution in [2.75, 3.05) is 0 Å². The molecule has 0 unspecified atom stereocenters. The summed E-state index contributed by atoms with van der Waals surface area (Å²) < 4.78 is 1.47. The van der Waals surface area contributed by atoms with Crippen molar-refractivity contribution in [1.29, 1.82) is 0 Å². The first-order chi connectivity index (χ1) is 7.72. The lowest BCUT2D eigenvalue weighted by molar-refractivity contribution is 0.619. The van der Waals surface area contributed by atoms with Crippen LogP contribution in [-0.4, -0.2) is 9.78 Å². The highest BCUT2D eigenvalue weighted by Crippen LogP contribution is 2.19. The Kier molecular flexibility index (Phi) is 2.86. The van der Waals surface area contributed by atoms with Gasteiger partial charge >= 0.3 is 0 Å². The normalized spacial score (nSPS) is 10.4. The molecule has 0 bridgehead atoms. The van der Waals surface area contributed by atoms with E-state index in [0.717, 1.165) is 16.8 Å². The maximum Gasteiger partial charge on any atom is 0.266 e. The van der Waals surface area contributed by atoms with E-state index in [4.69, 9.17) is 0 Å². The molecule has 1 aromatic carbocycles. The maximum absolute atomic E-state index is 11.4. The molecule has 0 spiro atoms. The Morgan fingerprint density at radius 1 is 1.19 bits per heavy atom. The molecule has 0 aliphatic heterocycles. The molecule has 16 heavy (non-hydrogen) atoms. The zero-order chi connectivity index (χ0) is 11.5. The van der Waals surface area contributed by atoms with Crippen LogP contribution in [0.15, 0.2) is 41.2 Å². The highest BCUT2D eigenvalue weighted by molar-refractivity contribution is 5.62. The topological polar surface area (TPSA) is 34.9 Å². The predicted octanol–water partition coefficient (Wildman–Crippen LogP) is 2.24. The maximum atomic E-state index is 11.4. The van der Waals surface area contributed by atoms with Crippen LogP contribution in [0.4, 0.5) is 0 Å². The summed E-state index contributed by atoms with van der Waals surface area (Å²) in [5.74, 6) is 0. The van der Waals surface area contributed by atoms with Crippen molar-refractivity contribution in [2.45, 2.75) is 20.4 Å². The highest BCUT2D eigenvalue weighted by Gasteiger charge is 2.04. The molecule has 0 radical (unpaired) electrons. The van der Waals surface area contributed by atoms with Gasteiger partial charge in [-0.2, -0.15) is 5.10 Å². The van der Waals surface area contributed by atoms with E-state index in [1.807, 2.05) is 38.1 Å². The van der Waals surface area contributed by atoms with Gasteiger partial charge < -0.3 is 0 Å². The van der Waals surface area contributed by atoms with Crippen molar-refractivity contribution in [3.63, 3.8) is 0 Å². The quantitative estimate of drug-likeness (QED) is 0.768. The number of benzene rings is 1. The van der Waals surface area contributed by atoms with Gasteiger partial charge in [0, 0.05) is 18.2 Å². The molecule has 1 aromatic heterocycles. The summed E-state index contributed by atoms with van der Waals surface area (Å²) in [5, 5.41) is 4.33. The smallest absolute Gasteiger partial charge is 0.266 e. The molecule has 1 heterocycles. The highest BCUT2D eigenvalue weighted by atomic mass is 16.1. The largest absolute Gasteiger partial charge is 0.268 e. The third kappa shape index (κ3) is 1.89. The van der Waals surface area contributed by atoms with Gasteiger partial charge in [-0.3, -0.25) is 4.79 Å². The molecule has 3 heteroatoms. The molecule has 0 saturated carbocycles. The summed E-state index contributed by atoms with van der Waals surface area (Å²) >= 11 is 0. The van der Waals surface area contributed by atoms with E-state index in [9.17, 15) is 4.79 Å². The van der Waals surface area contributed by atoms with E-state index >= 15 is 0 Å². The SMILES string of the molecule is CCn1nc(-c2ccccc2C)ccc1=O. The van der Waals surface area contributed by atoms with Gasteiger partial charge in [0.05, 0.1) is 5.69 Å². The second-order valence-electron chi connectivity index (χ2n) is 3.69. The number of aryl methyl sites for hydroxylation is 2. The van der Waals surface area contributed by atoms with Gasteiger partial charge in [0.15, 0.2) is 0 Å². The van der Waals surface area contributed by atoms with Crippen LogP contribution in [0.3, 0.4) is 0 Å². The van der Waals surface area contributed by atoms with Crippen LogP contribution in [0.1, 0.15) is 12.5 Å². The van der Waals surface area contributed by atoms with Gasteiger partial charge in [-0.05, 0) is 25.5 Å². The van der Waals surface area contributed by atoms with Crippen molar-refractivity contribution >= 4 is 0 Å². The molecule has 0 amide bonds. The van der Waals surface area contributed by atoms with Gasteiger partial charge in [0.2, 0.25) is 0 Å². The minimum atomic E-state index is -0.0557. The number of hydrogen-bond acceptors (Lipinski definition) is 2. The van der Waals surface area contributed by atoms with E-state index in [0.29, 0.717) is 6.54 Å². The summed E-state index contributed by atoms with van der Waals surface area (Å²) in [5.41, 5.74) is 3.03. The second kappa shape index (κ2) is 4.31. The average molecular weight is 214 g/mol. The Morgan fingerprint density at radius 3 is 2.62 bits per heavy atom. The van der Waals surface area contributed by atoms with Crippen LogP contribution in [0.25, 0.3) is 11.3 Å². The monoisotopic (exact) mass is 214 g/mol. The van der Waals surface area contributed by atoms with Crippen LogP contribution < -0.4 is 5.56 Å². The first kappa shape index (κ1) is 10.6. The third-order valence-electron chi connectivity index (χ3n) is 2.59. The average Bonchev–Trinajstić information content (AvgIpc) is 2.31. The standard InChI is InChI=1S/C13H14N2O/c1-3-15-13(16)9-8-12(14-15)11-7-5-4-6-10(11)2/h4-9H,3H2,1-2H3. The minimum Gasteiger partial charge on any atom is -0.268 e. The van der Waals surface area contributed by atoms with Crippen molar-refractivity contribution < 1.29 is 0 Å². The van der Waals surface area contributed by atoms with Crippen LogP contribution >= 0.6 is 0 Å². The third-order valence-corrected chi connectivity index (χ3v) is 2.59. The molecule has 82 valence electrons. The zero-order valence-corrected chi connectivity index (χ0v) is 9.47. The molecule has 0 atom stereocenters. The molecule has 0 aliphatic rings. The Hall–Kier alpha value is -1.90. The number of hydrogen-bond donors (Lipinski definition) is 0. The van der Waals surface area contributed by atoms with Crippen LogP contribution in [0.5, 0.6) is 0 Å². The van der Waals surface area contributed by atoms with E-state index in [2.05, 4.69) is 5.10 Å². The molecule has 0 N–H and O–H groups in total. The van der Waals surface area contributed by atoms with Gasteiger partial charge in [-0.25, -0.2) is 4.68 Å². The van der Waals surface area contributed by atoms with E-state index in [1.54, 1.807) is 12.1 Å². The first-order valence-electron chi connectivity index (χ1n) is 5.36. The van der Waals surface area contributed by atoms with Gasteiger partial charge in [-0.1, -0.05) is 24.3 Å². The van der Waals surface area contributed by atoms with Crippen molar-refractivity contribution in [3.05, 3.63) is 52.3 Å². The van der Waals surface area contributed by atoms with Gasteiger partial charge in [0.1, 0.15) is 0 Å². The molecular formula is C13H14N2O. The van der Waals surface area contributed by atoms with E-state index in [-0.39, 0.29) is 5.56 Å². The molecule has 3 nitrogen and oxygen atoms in total. The minimum absolute atomic E-state index is 0.0557. The molecule has 0 aliphatic carbocycles. The lowest BCUT2D eigenvalue weighted by Crippen LogP contribution is -2.21. The number of nitrogens with zero attached hydrogens (tertiary/aromatic N) is 2. The summed E-state index contributed by atoms with van der Waals surface area (Å²) in [7, 11) is 0. The van der Waals surface area contributed by atoms with Crippen LogP contribution in [-0.2, 0) is 6.54 Å². The fourth-order valence-electron chi connectivity index (χ4n) is 1.68. The Morgan fingerprint density at radius 2 is 1.94 bits per heavy atom. The van der Waals surface area contributed by atoms with Crippen LogP contribution in [0, 0.1) is 6.92 Å². The van der Waals surface area contributed by atoms with E-state index in [1.165, 1.54) is 4.68 Å². The molecular weight excluding hydrogens is 200 g/mol. The second-order valence-corrected chi connectivity index (χ2v) is 3.69. The van der Waals surface area contributed by atoms with Crippen molar-refractivity contribution in [3.8, 4) is 11.3 Å². The summed E-state index contributed by atoms with van der Waals surface area (Å²) in [4.78, 5) is 11.4.